The van der Waals surface area contributed by atoms with Gasteiger partial charge in [0, 0.05) is 0 Å². The van der Waals surface area contributed by atoms with Crippen LogP contribution in [-0.2, 0) is 4.79 Å². The number of carbonyl (C=O) groups is 2. The average molecular weight is 397 g/mol. The second-order valence-corrected chi connectivity index (χ2v) is 7.73. The molecule has 1 fully saturated rings. The summed E-state index contributed by atoms with van der Waals surface area (Å²) < 4.78 is 6.87. The van der Waals surface area contributed by atoms with Crippen LogP contribution in [0.25, 0.3) is 16.3 Å². The maximum absolute atomic E-state index is 11.5. The van der Waals surface area contributed by atoms with Gasteiger partial charge in [0.05, 0.1) is 21.7 Å². The van der Waals surface area contributed by atoms with Crippen molar-refractivity contribution < 1.29 is 14.3 Å². The molecule has 6 nitrogen and oxygen atoms in total. The smallest absolute Gasteiger partial charge is 0.290 e. The Kier molecular flexibility index (Phi) is 5.08. The largest absolute Gasteiger partial charge is 0.492 e. The first-order valence-corrected chi connectivity index (χ1v) is 9.88. The minimum Gasteiger partial charge on any atom is -0.492 e. The number of thioether (sulfide) groups is 1. The van der Waals surface area contributed by atoms with Crippen molar-refractivity contribution in [2.75, 3.05) is 18.5 Å². The van der Waals surface area contributed by atoms with Gasteiger partial charge >= 0.3 is 0 Å². The van der Waals surface area contributed by atoms with Crippen LogP contribution in [0.3, 0.4) is 0 Å². The third kappa shape index (κ3) is 4.29. The molecule has 0 radical (unpaired) electrons. The molecule has 0 atom stereocenters. The van der Waals surface area contributed by atoms with E-state index in [1.165, 1.54) is 0 Å². The van der Waals surface area contributed by atoms with Gasteiger partial charge in [-0.3, -0.25) is 14.9 Å². The number of hydrogen-bond donors (Lipinski definition) is 2. The highest BCUT2D eigenvalue weighted by Gasteiger charge is 2.24. The van der Waals surface area contributed by atoms with Crippen LogP contribution in [0.4, 0.5) is 9.93 Å². The maximum atomic E-state index is 11.5. The lowest BCUT2D eigenvalue weighted by atomic mass is 10.2. The molecule has 8 heteroatoms. The number of para-hydroxylation sites is 1. The molecule has 0 spiro atoms. The van der Waals surface area contributed by atoms with Crippen LogP contribution < -0.4 is 15.4 Å². The number of thiazole rings is 1. The number of imide groups is 1. The first-order valence-electron chi connectivity index (χ1n) is 8.24. The van der Waals surface area contributed by atoms with Gasteiger partial charge in [0.25, 0.3) is 11.1 Å². The lowest BCUT2D eigenvalue weighted by Gasteiger charge is -2.07. The van der Waals surface area contributed by atoms with E-state index in [-0.39, 0.29) is 11.1 Å². The summed E-state index contributed by atoms with van der Waals surface area (Å²) in [6.07, 6.45) is 1.68. The number of amides is 2. The molecule has 3 aromatic rings. The SMILES string of the molecule is O=C1NC(=O)C(=Cc2ccc(OCCNc3nc4ccccc4s3)cc2)S1. The molecule has 0 saturated carbocycles. The fraction of sp³-hybridized carbons (Fsp3) is 0.105. The van der Waals surface area contributed by atoms with Crippen molar-refractivity contribution >= 4 is 55.7 Å². The average Bonchev–Trinajstić information content (AvgIpc) is 3.22. The normalized spacial score (nSPS) is 15.3. The van der Waals surface area contributed by atoms with Crippen LogP contribution in [0.1, 0.15) is 5.56 Å². The molecule has 2 aromatic carbocycles. The Hall–Kier alpha value is -2.84. The molecule has 1 aliphatic heterocycles. The van der Waals surface area contributed by atoms with Gasteiger partial charge in [0.15, 0.2) is 5.13 Å². The Balaban J connectivity index is 1.28. The number of anilines is 1. The molecule has 2 heterocycles. The number of benzene rings is 2. The van der Waals surface area contributed by atoms with E-state index in [1.807, 2.05) is 42.5 Å². The molecule has 0 bridgehead atoms. The van der Waals surface area contributed by atoms with Gasteiger partial charge in [-0.1, -0.05) is 35.6 Å². The summed E-state index contributed by atoms with van der Waals surface area (Å²) in [5, 5.41) is 6.04. The van der Waals surface area contributed by atoms with Crippen LogP contribution in [0, 0.1) is 0 Å². The van der Waals surface area contributed by atoms with Crippen LogP contribution in [0.15, 0.2) is 53.4 Å². The molecule has 0 unspecified atom stereocenters. The molecule has 0 aliphatic carbocycles. The monoisotopic (exact) mass is 397 g/mol. The number of ether oxygens (including phenoxy) is 1. The molecular formula is C19H15N3O3S2. The summed E-state index contributed by atoms with van der Waals surface area (Å²) in [5.41, 5.74) is 1.83. The highest BCUT2D eigenvalue weighted by molar-refractivity contribution is 8.18. The van der Waals surface area contributed by atoms with E-state index in [4.69, 9.17) is 4.74 Å². The first-order chi connectivity index (χ1) is 13.2. The Morgan fingerprint density at radius 3 is 2.67 bits per heavy atom. The number of nitrogens with one attached hydrogen (secondary N) is 2. The molecular weight excluding hydrogens is 382 g/mol. The van der Waals surface area contributed by atoms with Gasteiger partial charge in [0.1, 0.15) is 12.4 Å². The van der Waals surface area contributed by atoms with Crippen molar-refractivity contribution in [1.29, 1.82) is 0 Å². The Morgan fingerprint density at radius 2 is 1.93 bits per heavy atom. The molecule has 2 N–H and O–H groups in total. The minimum atomic E-state index is -0.355. The fourth-order valence-electron chi connectivity index (χ4n) is 2.51. The van der Waals surface area contributed by atoms with Crippen molar-refractivity contribution in [3.05, 3.63) is 59.0 Å². The molecule has 136 valence electrons. The predicted molar refractivity (Wildman–Crippen MR) is 109 cm³/mol. The molecule has 27 heavy (non-hydrogen) atoms. The maximum Gasteiger partial charge on any atom is 0.290 e. The summed E-state index contributed by atoms with van der Waals surface area (Å²) in [5.74, 6) is 0.383. The standard InChI is InChI=1S/C19H15N3O3S2/c23-17-16(27-19(24)22-17)11-12-5-7-13(8-6-12)25-10-9-20-18-21-14-3-1-2-4-15(14)26-18/h1-8,11H,9-10H2,(H,20,21)(H,22,23,24). The van der Waals surface area contributed by atoms with Crippen molar-refractivity contribution in [2.45, 2.75) is 0 Å². The van der Waals surface area contributed by atoms with E-state index in [0.717, 1.165) is 38.4 Å². The van der Waals surface area contributed by atoms with Crippen molar-refractivity contribution in [3.63, 3.8) is 0 Å². The van der Waals surface area contributed by atoms with E-state index in [0.29, 0.717) is 18.1 Å². The van der Waals surface area contributed by atoms with Gasteiger partial charge < -0.3 is 10.1 Å². The number of hydrogen-bond acceptors (Lipinski definition) is 7. The second-order valence-electron chi connectivity index (χ2n) is 5.68. The highest BCUT2D eigenvalue weighted by atomic mass is 32.2. The molecule has 4 rings (SSSR count). The van der Waals surface area contributed by atoms with E-state index >= 15 is 0 Å². The Bertz CT molecular complexity index is 995. The van der Waals surface area contributed by atoms with E-state index < -0.39 is 0 Å². The van der Waals surface area contributed by atoms with Gasteiger partial charge in [-0.25, -0.2) is 4.98 Å². The van der Waals surface area contributed by atoms with E-state index in [2.05, 4.69) is 21.7 Å². The predicted octanol–water partition coefficient (Wildman–Crippen LogP) is 4.11. The van der Waals surface area contributed by atoms with Crippen LogP contribution in [0.5, 0.6) is 5.75 Å². The number of rotatable bonds is 6. The zero-order chi connectivity index (χ0) is 18.6. The van der Waals surface area contributed by atoms with E-state index in [9.17, 15) is 9.59 Å². The first kappa shape index (κ1) is 17.6. The summed E-state index contributed by atoms with van der Waals surface area (Å²) in [6.45, 7) is 1.15. The lowest BCUT2D eigenvalue weighted by molar-refractivity contribution is -0.115. The van der Waals surface area contributed by atoms with Crippen molar-refractivity contribution in [3.8, 4) is 5.75 Å². The van der Waals surface area contributed by atoms with Gasteiger partial charge in [-0.05, 0) is 47.7 Å². The number of nitrogens with zero attached hydrogens (tertiary/aromatic N) is 1. The van der Waals surface area contributed by atoms with Gasteiger partial charge in [-0.15, -0.1) is 0 Å². The van der Waals surface area contributed by atoms with E-state index in [1.54, 1.807) is 17.4 Å². The summed E-state index contributed by atoms with van der Waals surface area (Å²) in [4.78, 5) is 27.6. The molecule has 1 saturated heterocycles. The zero-order valence-corrected chi connectivity index (χ0v) is 15.7. The topological polar surface area (TPSA) is 80.3 Å². The summed E-state index contributed by atoms with van der Waals surface area (Å²) in [6, 6.07) is 15.4. The van der Waals surface area contributed by atoms with Crippen LogP contribution in [-0.4, -0.2) is 29.3 Å². The Labute approximate surface area is 163 Å². The third-order valence-electron chi connectivity index (χ3n) is 3.76. The second kappa shape index (κ2) is 7.81. The minimum absolute atomic E-state index is 0.341. The third-order valence-corrected chi connectivity index (χ3v) is 5.57. The number of carbonyl (C=O) groups excluding carboxylic acids is 2. The fourth-order valence-corrected chi connectivity index (χ4v) is 4.08. The quantitative estimate of drug-likeness (QED) is 0.481. The molecule has 2 amide bonds. The zero-order valence-electron chi connectivity index (χ0n) is 14.1. The molecule has 1 aliphatic rings. The van der Waals surface area contributed by atoms with Crippen LogP contribution in [0.2, 0.25) is 0 Å². The summed E-state index contributed by atoms with van der Waals surface area (Å²) in [7, 11) is 0. The van der Waals surface area contributed by atoms with Gasteiger partial charge in [-0.2, -0.15) is 0 Å². The molecule has 1 aromatic heterocycles. The number of aromatic nitrogens is 1. The van der Waals surface area contributed by atoms with Crippen molar-refractivity contribution in [2.24, 2.45) is 0 Å². The van der Waals surface area contributed by atoms with Crippen LogP contribution >= 0.6 is 23.1 Å². The van der Waals surface area contributed by atoms with Crippen molar-refractivity contribution in [1.82, 2.24) is 10.3 Å². The lowest BCUT2D eigenvalue weighted by Crippen LogP contribution is -2.17. The number of fused-ring (bicyclic) bond motifs is 1. The Morgan fingerprint density at radius 1 is 1.11 bits per heavy atom. The highest BCUT2D eigenvalue weighted by Crippen LogP contribution is 2.26. The summed E-state index contributed by atoms with van der Waals surface area (Å²) >= 11 is 2.52. The van der Waals surface area contributed by atoms with Gasteiger partial charge in [0.2, 0.25) is 0 Å².